The first-order chi connectivity index (χ1) is 3.55. The Labute approximate surface area is 42.2 Å². The molecule has 8 heavy (non-hydrogen) atoms. The van der Waals surface area contributed by atoms with E-state index in [0.717, 1.165) is 0 Å². The molecule has 0 atom stereocenters. The van der Waals surface area contributed by atoms with Gasteiger partial charge in [0.05, 0.1) is 0 Å². The summed E-state index contributed by atoms with van der Waals surface area (Å²) < 4.78 is 54.0. The van der Waals surface area contributed by atoms with Gasteiger partial charge in [0.2, 0.25) is 5.73 Å². The van der Waals surface area contributed by atoms with Crippen molar-refractivity contribution in [3.63, 3.8) is 0 Å². The molecule has 0 amide bonds. The van der Waals surface area contributed by atoms with Gasteiger partial charge in [-0.3, -0.25) is 8.63 Å². The van der Waals surface area contributed by atoms with Crippen LogP contribution in [0.3, 0.4) is 0 Å². The van der Waals surface area contributed by atoms with Crippen LogP contribution in [0.1, 0.15) is 0 Å². The molecule has 0 aliphatic carbocycles. The molecule has 0 rings (SSSR count). The van der Waals surface area contributed by atoms with Crippen molar-refractivity contribution in [2.24, 2.45) is 0 Å². The summed E-state index contributed by atoms with van der Waals surface area (Å²) in [5.74, 6) is 0. The largest absolute Gasteiger partial charge is 0.606 e. The second-order valence-electron chi connectivity index (χ2n) is 0.909. The molecule has 0 aromatic rings. The highest BCUT2D eigenvalue weighted by Gasteiger charge is 2.25. The monoisotopic (exact) mass is 130 g/mol. The minimum atomic E-state index is -3.69. The van der Waals surface area contributed by atoms with Gasteiger partial charge >= 0.3 is 7.27 Å². The molecule has 0 spiro atoms. The van der Waals surface area contributed by atoms with Crippen LogP contribution in [0, 0.1) is 0 Å². The third kappa shape index (κ3) is 1.95. The maximum atomic E-state index is 11.0. The zero-order valence-electron chi connectivity index (χ0n) is 3.47. The van der Waals surface area contributed by atoms with Gasteiger partial charge in [0.1, 0.15) is 0 Å². The first-order valence-corrected chi connectivity index (χ1v) is 1.54. The van der Waals surface area contributed by atoms with Gasteiger partial charge in [0, 0.05) is 0 Å². The van der Waals surface area contributed by atoms with Crippen LogP contribution in [-0.4, -0.2) is 7.27 Å². The standard InChI is InChI=1S/C2BF5/c4-1(2(5)6)3(7)8. The Morgan fingerprint density at radius 3 is 1.38 bits per heavy atom. The zero-order chi connectivity index (χ0) is 6.73. The van der Waals surface area contributed by atoms with Gasteiger partial charge in [0.15, 0.2) is 0 Å². The molecule has 46 valence electrons. The molecule has 0 N–H and O–H groups in total. The number of halogens is 5. The maximum absolute atomic E-state index is 11.0. The minimum absolute atomic E-state index is 2.65. The molecule has 0 aromatic carbocycles. The molecular formula is C2BF5. The van der Waals surface area contributed by atoms with E-state index in [4.69, 9.17) is 0 Å². The molecule has 0 saturated carbocycles. The molecule has 0 aromatic heterocycles. The predicted molar refractivity (Wildman–Crippen MR) is 18.3 cm³/mol. The van der Waals surface area contributed by atoms with E-state index in [1.54, 1.807) is 0 Å². The van der Waals surface area contributed by atoms with Crippen LogP contribution in [0.4, 0.5) is 21.8 Å². The van der Waals surface area contributed by atoms with E-state index in [1.807, 2.05) is 0 Å². The Kier molecular flexibility index (Phi) is 2.50. The van der Waals surface area contributed by atoms with Crippen LogP contribution in [-0.2, 0) is 0 Å². The maximum Gasteiger partial charge on any atom is 0.606 e. The van der Waals surface area contributed by atoms with Crippen molar-refractivity contribution in [2.75, 3.05) is 0 Å². The fourth-order valence-corrected chi connectivity index (χ4v) is 0.0825. The van der Waals surface area contributed by atoms with E-state index in [2.05, 4.69) is 0 Å². The first kappa shape index (κ1) is 7.45. The van der Waals surface area contributed by atoms with Gasteiger partial charge in [-0.1, -0.05) is 0 Å². The van der Waals surface area contributed by atoms with Gasteiger partial charge in [-0.25, -0.2) is 4.39 Å². The molecular weight excluding hydrogens is 130 g/mol. The Morgan fingerprint density at radius 2 is 1.38 bits per heavy atom. The summed E-state index contributed by atoms with van der Waals surface area (Å²) in [6.07, 6.45) is -2.96. The molecule has 0 aliphatic heterocycles. The molecule has 0 radical (unpaired) electrons. The van der Waals surface area contributed by atoms with E-state index < -0.39 is 19.1 Å². The molecule has 6 heteroatoms. The quantitative estimate of drug-likeness (QED) is 0.376. The fourth-order valence-electron chi connectivity index (χ4n) is 0.0825. The number of rotatable bonds is 1. The molecule has 0 unspecified atom stereocenters. The van der Waals surface area contributed by atoms with Crippen molar-refractivity contribution in [2.45, 2.75) is 0 Å². The van der Waals surface area contributed by atoms with E-state index in [1.165, 1.54) is 0 Å². The van der Waals surface area contributed by atoms with Gasteiger partial charge in [-0.05, 0) is 0 Å². The molecule has 0 bridgehead atoms. The van der Waals surface area contributed by atoms with E-state index in [-0.39, 0.29) is 0 Å². The van der Waals surface area contributed by atoms with Gasteiger partial charge in [-0.15, -0.1) is 0 Å². The lowest BCUT2D eigenvalue weighted by atomic mass is 9.98. The fraction of sp³-hybridized carbons (Fsp3) is 0. The predicted octanol–water partition coefficient (Wildman–Crippen LogP) is 2.03. The number of hydrogen-bond donors (Lipinski definition) is 0. The summed E-state index contributed by atoms with van der Waals surface area (Å²) in [4.78, 5) is 0. The lowest BCUT2D eigenvalue weighted by molar-refractivity contribution is 0.385. The topological polar surface area (TPSA) is 0 Å². The van der Waals surface area contributed by atoms with Gasteiger partial charge in [0.25, 0.3) is 6.08 Å². The summed E-state index contributed by atoms with van der Waals surface area (Å²) in [6, 6.07) is 0. The molecule has 0 heterocycles. The van der Waals surface area contributed by atoms with Gasteiger partial charge in [-0.2, -0.15) is 8.78 Å². The van der Waals surface area contributed by atoms with Crippen LogP contribution < -0.4 is 0 Å². The van der Waals surface area contributed by atoms with Crippen molar-refractivity contribution < 1.29 is 21.8 Å². The second-order valence-corrected chi connectivity index (χ2v) is 0.909. The van der Waals surface area contributed by atoms with Crippen LogP contribution in [0.5, 0.6) is 0 Å². The summed E-state index contributed by atoms with van der Waals surface area (Å²) in [6.45, 7) is 0. The number of hydrogen-bond acceptors (Lipinski definition) is 0. The summed E-state index contributed by atoms with van der Waals surface area (Å²) in [5, 5.41) is 0. The van der Waals surface area contributed by atoms with Crippen LogP contribution >= 0.6 is 0 Å². The average molecular weight is 130 g/mol. The van der Waals surface area contributed by atoms with E-state index >= 15 is 0 Å². The van der Waals surface area contributed by atoms with Crippen molar-refractivity contribution in [3.8, 4) is 0 Å². The Hall–Kier alpha value is -0.545. The SMILES string of the molecule is FB(F)C(F)=C(F)F. The minimum Gasteiger partial charge on any atom is -0.279 e. The highest BCUT2D eigenvalue weighted by Crippen LogP contribution is 2.13. The highest BCUT2D eigenvalue weighted by atomic mass is 19.3. The molecule has 0 fully saturated rings. The molecule has 0 saturated heterocycles. The average Bonchev–Trinajstić information content (AvgIpc) is 1.64. The Morgan fingerprint density at radius 1 is 1.00 bits per heavy atom. The van der Waals surface area contributed by atoms with Crippen LogP contribution in [0.25, 0.3) is 0 Å². The van der Waals surface area contributed by atoms with Crippen molar-refractivity contribution in [1.29, 1.82) is 0 Å². The normalized spacial score (nSPS) is 8.62. The van der Waals surface area contributed by atoms with E-state index in [0.29, 0.717) is 0 Å². The van der Waals surface area contributed by atoms with Crippen LogP contribution in [0.2, 0.25) is 0 Å². The van der Waals surface area contributed by atoms with E-state index in [9.17, 15) is 21.8 Å². The lowest BCUT2D eigenvalue weighted by Crippen LogP contribution is -1.97. The summed E-state index contributed by atoms with van der Waals surface area (Å²) >= 11 is 0. The smallest absolute Gasteiger partial charge is 0.279 e. The first-order valence-electron chi connectivity index (χ1n) is 1.54. The molecule has 0 aliphatic rings. The Bertz CT molecular complexity index is 103. The highest BCUT2D eigenvalue weighted by molar-refractivity contribution is 6.51. The van der Waals surface area contributed by atoms with Crippen LogP contribution in [0.15, 0.2) is 11.8 Å². The van der Waals surface area contributed by atoms with Crippen molar-refractivity contribution in [1.82, 2.24) is 0 Å². The summed E-state index contributed by atoms with van der Waals surface area (Å²) in [5.41, 5.74) is -2.65. The zero-order valence-corrected chi connectivity index (χ0v) is 3.47. The second kappa shape index (κ2) is 2.69. The lowest BCUT2D eigenvalue weighted by Gasteiger charge is -1.83. The summed E-state index contributed by atoms with van der Waals surface area (Å²) in [7, 11) is -3.69. The van der Waals surface area contributed by atoms with Gasteiger partial charge < -0.3 is 0 Å². The third-order valence-electron chi connectivity index (χ3n) is 0.372. The Balaban J connectivity index is 4.00. The van der Waals surface area contributed by atoms with Crippen molar-refractivity contribution in [3.05, 3.63) is 11.8 Å². The van der Waals surface area contributed by atoms with Crippen molar-refractivity contribution >= 4 is 7.27 Å². The molecule has 0 nitrogen and oxygen atoms in total. The third-order valence-corrected chi connectivity index (χ3v) is 0.372.